The minimum Gasteiger partial charge on any atom is -0.437 e. The molecule has 0 N–H and O–H groups in total. The number of aromatic nitrogens is 1. The van der Waals surface area contributed by atoms with Crippen molar-refractivity contribution in [3.05, 3.63) is 39.8 Å². The summed E-state index contributed by atoms with van der Waals surface area (Å²) in [6, 6.07) is 5.62. The molecule has 0 aliphatic heterocycles. The molecule has 14 heavy (non-hydrogen) atoms. The molecule has 0 saturated carbocycles. The maximum Gasteiger partial charge on any atom is 0.287 e. The van der Waals surface area contributed by atoms with Gasteiger partial charge in [-0.3, -0.25) is 0 Å². The predicted octanol–water partition coefficient (Wildman–Crippen LogP) is 3.79. The second kappa shape index (κ2) is 4.14. The molecule has 0 amide bonds. The number of oxazole rings is 1. The van der Waals surface area contributed by atoms with Gasteiger partial charge in [0.1, 0.15) is 5.75 Å². The van der Waals surface area contributed by atoms with E-state index in [0.29, 0.717) is 11.6 Å². The fourth-order valence-electron chi connectivity index (χ4n) is 0.889. The highest BCUT2D eigenvalue weighted by molar-refractivity contribution is 9.11. The van der Waals surface area contributed by atoms with E-state index in [4.69, 9.17) is 4.74 Å². The molecule has 0 unspecified atom stereocenters. The van der Waals surface area contributed by atoms with E-state index in [2.05, 4.69) is 47.7 Å². The first-order chi connectivity index (χ1) is 6.75. The summed E-state index contributed by atoms with van der Waals surface area (Å²) in [5, 5.41) is 0. The monoisotopic (exact) mass is 316 g/mol. The molecule has 3 nitrogen and oxygen atoms in total. The SMILES string of the molecule is Brc1ccc(Br)c(Oc2co[c]n2)c1. The molecule has 0 aliphatic rings. The quantitative estimate of drug-likeness (QED) is 0.845. The maximum atomic E-state index is 5.42. The molecule has 1 heterocycles. The Balaban J connectivity index is 2.28. The molecule has 0 bridgehead atoms. The molecule has 1 radical (unpaired) electrons. The molecule has 5 heteroatoms. The Labute approximate surface area is 97.4 Å². The maximum absolute atomic E-state index is 5.42. The lowest BCUT2D eigenvalue weighted by Gasteiger charge is -2.03. The molecule has 71 valence electrons. The average molecular weight is 318 g/mol. The van der Waals surface area contributed by atoms with Crippen LogP contribution in [0.3, 0.4) is 0 Å². The predicted molar refractivity (Wildman–Crippen MR) is 57.3 cm³/mol. The van der Waals surface area contributed by atoms with Gasteiger partial charge in [-0.05, 0) is 34.1 Å². The van der Waals surface area contributed by atoms with Gasteiger partial charge in [0.15, 0.2) is 6.26 Å². The van der Waals surface area contributed by atoms with Crippen LogP contribution in [-0.4, -0.2) is 4.98 Å². The number of ether oxygens (including phenoxy) is 1. The van der Waals surface area contributed by atoms with Crippen molar-refractivity contribution in [3.8, 4) is 11.6 Å². The van der Waals surface area contributed by atoms with Gasteiger partial charge in [-0.25, -0.2) is 0 Å². The zero-order valence-corrected chi connectivity index (χ0v) is 10.0. The van der Waals surface area contributed by atoms with Crippen molar-refractivity contribution in [2.75, 3.05) is 0 Å². The summed E-state index contributed by atoms with van der Waals surface area (Å²) in [7, 11) is 0. The van der Waals surface area contributed by atoms with Crippen molar-refractivity contribution in [1.29, 1.82) is 0 Å². The highest BCUT2D eigenvalue weighted by Crippen LogP contribution is 2.31. The smallest absolute Gasteiger partial charge is 0.287 e. The van der Waals surface area contributed by atoms with E-state index < -0.39 is 0 Å². The van der Waals surface area contributed by atoms with Crippen LogP contribution in [0, 0.1) is 6.39 Å². The summed E-state index contributed by atoms with van der Waals surface area (Å²) in [4.78, 5) is 3.73. The Bertz CT molecular complexity index is 428. The van der Waals surface area contributed by atoms with E-state index in [-0.39, 0.29) is 0 Å². The normalized spacial score (nSPS) is 10.1. The minimum absolute atomic E-state index is 0.379. The number of hydrogen-bond acceptors (Lipinski definition) is 3. The van der Waals surface area contributed by atoms with E-state index in [0.717, 1.165) is 8.95 Å². The summed E-state index contributed by atoms with van der Waals surface area (Å²) in [5.41, 5.74) is 0. The van der Waals surface area contributed by atoms with E-state index in [1.165, 1.54) is 6.26 Å². The zero-order valence-electron chi connectivity index (χ0n) is 6.83. The van der Waals surface area contributed by atoms with Gasteiger partial charge in [-0.1, -0.05) is 15.9 Å². The van der Waals surface area contributed by atoms with Crippen LogP contribution in [0.1, 0.15) is 0 Å². The van der Waals surface area contributed by atoms with Gasteiger partial charge in [0.05, 0.1) is 4.47 Å². The van der Waals surface area contributed by atoms with Crippen LogP contribution in [0.5, 0.6) is 11.6 Å². The summed E-state index contributed by atoms with van der Waals surface area (Å²) < 4.78 is 11.9. The van der Waals surface area contributed by atoms with Crippen molar-refractivity contribution in [2.24, 2.45) is 0 Å². The van der Waals surface area contributed by atoms with Crippen LogP contribution in [0.15, 0.2) is 37.8 Å². The second-order valence-electron chi connectivity index (χ2n) is 2.45. The first-order valence-corrected chi connectivity index (χ1v) is 5.29. The van der Waals surface area contributed by atoms with E-state index >= 15 is 0 Å². The van der Waals surface area contributed by atoms with E-state index in [1.807, 2.05) is 18.2 Å². The van der Waals surface area contributed by atoms with Crippen LogP contribution in [-0.2, 0) is 0 Å². The van der Waals surface area contributed by atoms with Gasteiger partial charge < -0.3 is 9.15 Å². The molecule has 1 aromatic carbocycles. The van der Waals surface area contributed by atoms with Crippen molar-refractivity contribution < 1.29 is 9.15 Å². The summed E-state index contributed by atoms with van der Waals surface area (Å²) >= 11 is 6.71. The Morgan fingerprint density at radius 2 is 2.21 bits per heavy atom. The van der Waals surface area contributed by atoms with E-state index in [9.17, 15) is 0 Å². The first kappa shape index (κ1) is 9.73. The number of nitrogens with zero attached hydrogens (tertiary/aromatic N) is 1. The number of halogens is 2. The molecule has 0 atom stereocenters. The van der Waals surface area contributed by atoms with Crippen LogP contribution in [0.2, 0.25) is 0 Å². The highest BCUT2D eigenvalue weighted by atomic mass is 79.9. The number of rotatable bonds is 2. The summed E-state index contributed by atoms with van der Waals surface area (Å²) in [5.74, 6) is 1.05. The minimum atomic E-state index is 0.379. The lowest BCUT2D eigenvalue weighted by atomic mass is 10.3. The van der Waals surface area contributed by atoms with Gasteiger partial charge in [-0.15, -0.1) is 0 Å². The van der Waals surface area contributed by atoms with Crippen LogP contribution < -0.4 is 4.74 Å². The van der Waals surface area contributed by atoms with Crippen LogP contribution in [0.4, 0.5) is 0 Å². The second-order valence-corrected chi connectivity index (χ2v) is 4.22. The molecule has 0 fully saturated rings. The van der Waals surface area contributed by atoms with Crippen LogP contribution in [0.25, 0.3) is 0 Å². The molecule has 0 spiro atoms. The third-order valence-electron chi connectivity index (χ3n) is 1.48. The zero-order chi connectivity index (χ0) is 9.97. The Kier molecular flexibility index (Phi) is 2.88. The van der Waals surface area contributed by atoms with Gasteiger partial charge in [0.2, 0.25) is 0 Å². The first-order valence-electron chi connectivity index (χ1n) is 3.70. The Morgan fingerprint density at radius 1 is 1.36 bits per heavy atom. The van der Waals surface area contributed by atoms with Crippen molar-refractivity contribution in [3.63, 3.8) is 0 Å². The van der Waals surface area contributed by atoms with Crippen molar-refractivity contribution >= 4 is 31.9 Å². The third kappa shape index (κ3) is 2.16. The fraction of sp³-hybridized carbons (Fsp3) is 0. The van der Waals surface area contributed by atoms with Crippen molar-refractivity contribution in [1.82, 2.24) is 4.98 Å². The standard InChI is InChI=1S/C9H4Br2NO2/c10-6-1-2-7(11)8(3-6)14-9-4-13-5-12-9/h1-4H. The molecule has 0 aliphatic carbocycles. The number of hydrogen-bond donors (Lipinski definition) is 0. The lowest BCUT2D eigenvalue weighted by Crippen LogP contribution is -1.85. The highest BCUT2D eigenvalue weighted by Gasteiger charge is 2.05. The van der Waals surface area contributed by atoms with Gasteiger partial charge >= 0.3 is 0 Å². The third-order valence-corrected chi connectivity index (χ3v) is 2.62. The molecule has 1 aromatic heterocycles. The van der Waals surface area contributed by atoms with Gasteiger partial charge in [-0.2, -0.15) is 4.98 Å². The molecule has 2 aromatic rings. The average Bonchev–Trinajstić information content (AvgIpc) is 2.64. The van der Waals surface area contributed by atoms with E-state index in [1.54, 1.807) is 0 Å². The summed E-state index contributed by atoms with van der Waals surface area (Å²) in [6.07, 6.45) is 3.69. The van der Waals surface area contributed by atoms with Gasteiger partial charge in [0.25, 0.3) is 12.3 Å². The van der Waals surface area contributed by atoms with Gasteiger partial charge in [0, 0.05) is 4.47 Å². The molecule has 2 rings (SSSR count). The lowest BCUT2D eigenvalue weighted by molar-refractivity contribution is 0.454. The molecule has 0 saturated heterocycles. The van der Waals surface area contributed by atoms with Crippen molar-refractivity contribution in [2.45, 2.75) is 0 Å². The Hall–Kier alpha value is -0.810. The summed E-state index contributed by atoms with van der Waals surface area (Å²) in [6.45, 7) is 0. The van der Waals surface area contributed by atoms with Crippen LogP contribution >= 0.6 is 31.9 Å². The Morgan fingerprint density at radius 3 is 2.93 bits per heavy atom. The number of benzene rings is 1. The molecular weight excluding hydrogens is 314 g/mol. The fourth-order valence-corrected chi connectivity index (χ4v) is 1.56. The largest absolute Gasteiger partial charge is 0.437 e. The molecular formula is C9H4Br2NO2. The topological polar surface area (TPSA) is 35.3 Å².